The van der Waals surface area contributed by atoms with Crippen LogP contribution in [0.1, 0.15) is 16.1 Å². The fourth-order valence-electron chi connectivity index (χ4n) is 1.64. The van der Waals surface area contributed by atoms with Gasteiger partial charge in [0.25, 0.3) is 0 Å². The normalized spacial score (nSPS) is 11.4. The molecule has 0 fully saturated rings. The number of carboxylic acids is 1. The van der Waals surface area contributed by atoms with E-state index in [0.29, 0.717) is 16.8 Å². The predicted molar refractivity (Wildman–Crippen MR) is 67.4 cm³/mol. The number of carbonyl (C=O) groups is 1. The number of benzene rings is 1. The molecule has 6 nitrogen and oxygen atoms in total. The molecule has 7 heteroatoms. The van der Waals surface area contributed by atoms with E-state index in [1.165, 1.54) is 6.07 Å². The standard InChI is InChI=1S/C12H11NO5S/c1-19(16,17)7-8-3-2-4-9(5-8)10-6-11(12(14)15)18-13-10/h2-6H,7H2,1H3,(H,14,15). The predicted octanol–water partition coefficient (Wildman–Crippen LogP) is 1.58. The van der Waals surface area contributed by atoms with Gasteiger partial charge in [0.1, 0.15) is 5.69 Å². The van der Waals surface area contributed by atoms with E-state index in [4.69, 9.17) is 5.11 Å². The Bertz CT molecular complexity index is 717. The van der Waals surface area contributed by atoms with E-state index in [1.54, 1.807) is 24.3 Å². The van der Waals surface area contributed by atoms with Gasteiger partial charge in [-0.2, -0.15) is 0 Å². The van der Waals surface area contributed by atoms with Gasteiger partial charge in [-0.1, -0.05) is 23.4 Å². The first-order valence-corrected chi connectivity index (χ1v) is 7.38. The first-order valence-electron chi connectivity index (χ1n) is 5.32. The van der Waals surface area contributed by atoms with E-state index in [-0.39, 0.29) is 11.5 Å². The third-order valence-electron chi connectivity index (χ3n) is 2.37. The highest BCUT2D eigenvalue weighted by atomic mass is 32.2. The molecule has 2 rings (SSSR count). The van der Waals surface area contributed by atoms with Crippen LogP contribution >= 0.6 is 0 Å². The van der Waals surface area contributed by atoms with Crippen molar-refractivity contribution in [2.24, 2.45) is 0 Å². The summed E-state index contributed by atoms with van der Waals surface area (Å²) in [5, 5.41) is 12.4. The van der Waals surface area contributed by atoms with Crippen LogP contribution < -0.4 is 0 Å². The summed E-state index contributed by atoms with van der Waals surface area (Å²) in [4.78, 5) is 10.7. The fraction of sp³-hybridized carbons (Fsp3) is 0.167. The maximum Gasteiger partial charge on any atom is 0.374 e. The van der Waals surface area contributed by atoms with Crippen LogP contribution in [0.25, 0.3) is 11.3 Å². The van der Waals surface area contributed by atoms with Crippen molar-refractivity contribution in [3.63, 3.8) is 0 Å². The molecule has 0 atom stereocenters. The zero-order valence-electron chi connectivity index (χ0n) is 10.0. The monoisotopic (exact) mass is 281 g/mol. The molecule has 2 aromatic rings. The van der Waals surface area contributed by atoms with Crippen LogP contribution in [0.5, 0.6) is 0 Å². The molecule has 0 bridgehead atoms. The fourth-order valence-corrected chi connectivity index (χ4v) is 2.42. The van der Waals surface area contributed by atoms with Crippen LogP contribution in [0.3, 0.4) is 0 Å². The highest BCUT2D eigenvalue weighted by molar-refractivity contribution is 7.89. The van der Waals surface area contributed by atoms with Crippen molar-refractivity contribution in [2.75, 3.05) is 6.26 Å². The summed E-state index contributed by atoms with van der Waals surface area (Å²) in [5.41, 5.74) is 1.57. The third-order valence-corrected chi connectivity index (χ3v) is 3.23. The maximum atomic E-state index is 11.2. The van der Waals surface area contributed by atoms with E-state index >= 15 is 0 Å². The zero-order valence-corrected chi connectivity index (χ0v) is 10.8. The molecular formula is C12H11NO5S. The minimum Gasteiger partial charge on any atom is -0.475 e. The Morgan fingerprint density at radius 2 is 2.11 bits per heavy atom. The third kappa shape index (κ3) is 3.41. The summed E-state index contributed by atoms with van der Waals surface area (Å²) in [5.74, 6) is -1.54. The van der Waals surface area contributed by atoms with Crippen molar-refractivity contribution in [1.29, 1.82) is 0 Å². The van der Waals surface area contributed by atoms with Crippen LogP contribution in [-0.4, -0.2) is 30.9 Å². The second-order valence-electron chi connectivity index (χ2n) is 4.15. The van der Waals surface area contributed by atoms with Gasteiger partial charge in [0, 0.05) is 17.9 Å². The van der Waals surface area contributed by atoms with E-state index < -0.39 is 15.8 Å². The van der Waals surface area contributed by atoms with E-state index in [9.17, 15) is 13.2 Å². The minimum atomic E-state index is -3.12. The van der Waals surface area contributed by atoms with Crippen molar-refractivity contribution >= 4 is 15.8 Å². The number of carboxylic acid groups (broad SMARTS) is 1. The number of aromatic nitrogens is 1. The van der Waals surface area contributed by atoms with Gasteiger partial charge in [0.2, 0.25) is 5.76 Å². The van der Waals surface area contributed by atoms with Gasteiger partial charge >= 0.3 is 5.97 Å². The summed E-state index contributed by atoms with van der Waals surface area (Å²) in [6.07, 6.45) is 1.15. The Morgan fingerprint density at radius 3 is 2.68 bits per heavy atom. The Kier molecular flexibility index (Phi) is 3.39. The minimum absolute atomic E-state index is 0.0789. The van der Waals surface area contributed by atoms with Crippen LogP contribution in [0.2, 0.25) is 0 Å². The van der Waals surface area contributed by atoms with Crippen LogP contribution in [0, 0.1) is 0 Å². The van der Waals surface area contributed by atoms with Crippen LogP contribution in [-0.2, 0) is 15.6 Å². The first kappa shape index (κ1) is 13.3. The average molecular weight is 281 g/mol. The summed E-state index contributed by atoms with van der Waals surface area (Å²) in [6.45, 7) is 0. The molecule has 1 heterocycles. The molecule has 0 aliphatic heterocycles. The van der Waals surface area contributed by atoms with Gasteiger partial charge in [-0.15, -0.1) is 0 Å². The molecule has 0 amide bonds. The summed E-state index contributed by atoms with van der Waals surface area (Å²) < 4.78 is 27.1. The molecule has 0 spiro atoms. The molecule has 0 saturated carbocycles. The molecule has 0 radical (unpaired) electrons. The van der Waals surface area contributed by atoms with Gasteiger partial charge < -0.3 is 9.63 Å². The van der Waals surface area contributed by atoms with Crippen molar-refractivity contribution in [2.45, 2.75) is 5.75 Å². The van der Waals surface area contributed by atoms with Crippen LogP contribution in [0.15, 0.2) is 34.9 Å². The smallest absolute Gasteiger partial charge is 0.374 e. The number of hydrogen-bond acceptors (Lipinski definition) is 5. The highest BCUT2D eigenvalue weighted by Crippen LogP contribution is 2.21. The summed E-state index contributed by atoms with van der Waals surface area (Å²) in [6, 6.07) is 8.01. The second kappa shape index (κ2) is 4.85. The van der Waals surface area contributed by atoms with Gasteiger partial charge in [-0.05, 0) is 11.6 Å². The molecule has 1 N–H and O–H groups in total. The quantitative estimate of drug-likeness (QED) is 0.913. The second-order valence-corrected chi connectivity index (χ2v) is 6.29. The molecule has 1 aromatic carbocycles. The van der Waals surface area contributed by atoms with E-state index in [2.05, 4.69) is 9.68 Å². The molecule has 1 aromatic heterocycles. The number of hydrogen-bond donors (Lipinski definition) is 1. The molecule has 19 heavy (non-hydrogen) atoms. The van der Waals surface area contributed by atoms with Crippen molar-refractivity contribution in [3.05, 3.63) is 41.7 Å². The average Bonchev–Trinajstić information content (AvgIpc) is 2.76. The molecule has 100 valence electrons. The van der Waals surface area contributed by atoms with E-state index in [1.807, 2.05) is 0 Å². The molecule has 0 aliphatic carbocycles. The van der Waals surface area contributed by atoms with Crippen molar-refractivity contribution in [3.8, 4) is 11.3 Å². The molecule has 0 aliphatic rings. The maximum absolute atomic E-state index is 11.2. The first-order chi connectivity index (χ1) is 8.85. The SMILES string of the molecule is CS(=O)(=O)Cc1cccc(-c2cc(C(=O)O)on2)c1. The topological polar surface area (TPSA) is 97.5 Å². The van der Waals surface area contributed by atoms with E-state index in [0.717, 1.165) is 6.26 Å². The lowest BCUT2D eigenvalue weighted by Crippen LogP contribution is -2.00. The lowest BCUT2D eigenvalue weighted by atomic mass is 10.1. The lowest BCUT2D eigenvalue weighted by Gasteiger charge is -2.01. The van der Waals surface area contributed by atoms with Gasteiger partial charge in [0.05, 0.1) is 5.75 Å². The largest absolute Gasteiger partial charge is 0.475 e. The Hall–Kier alpha value is -2.15. The van der Waals surface area contributed by atoms with Gasteiger partial charge in [-0.25, -0.2) is 13.2 Å². The summed E-state index contributed by atoms with van der Waals surface area (Å²) in [7, 11) is -3.12. The summed E-state index contributed by atoms with van der Waals surface area (Å²) >= 11 is 0. The molecule has 0 saturated heterocycles. The lowest BCUT2D eigenvalue weighted by molar-refractivity contribution is 0.0652. The van der Waals surface area contributed by atoms with Gasteiger partial charge in [-0.3, -0.25) is 0 Å². The number of aromatic carboxylic acids is 1. The molecular weight excluding hydrogens is 270 g/mol. The van der Waals surface area contributed by atoms with Crippen molar-refractivity contribution in [1.82, 2.24) is 5.16 Å². The number of sulfone groups is 1. The number of rotatable bonds is 4. The highest BCUT2D eigenvalue weighted by Gasteiger charge is 2.13. The Labute approximate surface area is 109 Å². The Balaban J connectivity index is 2.34. The van der Waals surface area contributed by atoms with Crippen LogP contribution in [0.4, 0.5) is 0 Å². The zero-order chi connectivity index (χ0) is 14.0. The van der Waals surface area contributed by atoms with Crippen molar-refractivity contribution < 1.29 is 22.8 Å². The number of nitrogens with zero attached hydrogens (tertiary/aromatic N) is 1. The Morgan fingerprint density at radius 1 is 1.37 bits per heavy atom. The van der Waals surface area contributed by atoms with Gasteiger partial charge in [0.15, 0.2) is 9.84 Å². The molecule has 0 unspecified atom stereocenters.